The average molecular weight is 212 g/mol. The Morgan fingerprint density at radius 1 is 1.27 bits per heavy atom. The highest BCUT2D eigenvalue weighted by atomic mass is 19.1. The van der Waals surface area contributed by atoms with Gasteiger partial charge in [0, 0.05) is 0 Å². The summed E-state index contributed by atoms with van der Waals surface area (Å²) in [7, 11) is 1.19. The number of carbonyl (C=O) groups is 2. The van der Waals surface area contributed by atoms with Crippen LogP contribution in [0.15, 0.2) is 24.3 Å². The molecule has 0 aliphatic carbocycles. The monoisotopic (exact) mass is 212 g/mol. The molecule has 80 valence electrons. The first-order valence-corrected chi connectivity index (χ1v) is 4.13. The lowest BCUT2D eigenvalue weighted by molar-refractivity contribution is -0.144. The maximum atomic E-state index is 12.5. The molecule has 0 spiro atoms. The van der Waals surface area contributed by atoms with Crippen LogP contribution in [0.25, 0.3) is 0 Å². The minimum Gasteiger partial charge on any atom is -0.466 e. The van der Waals surface area contributed by atoms with Gasteiger partial charge in [-0.3, -0.25) is 0 Å². The largest absolute Gasteiger partial charge is 0.466 e. The summed E-state index contributed by atoms with van der Waals surface area (Å²) in [5.41, 5.74) is 0.181. The zero-order chi connectivity index (χ0) is 11.3. The first-order valence-electron chi connectivity index (χ1n) is 4.13. The van der Waals surface area contributed by atoms with Gasteiger partial charge in [-0.05, 0) is 24.3 Å². The molecule has 0 fully saturated rings. The SMILES string of the molecule is COC(=O)COC(=O)c1ccc(F)cc1. The molecule has 0 aliphatic rings. The van der Waals surface area contributed by atoms with Crippen LogP contribution in [0.1, 0.15) is 10.4 Å². The quantitative estimate of drug-likeness (QED) is 0.705. The van der Waals surface area contributed by atoms with Gasteiger partial charge in [0.15, 0.2) is 6.61 Å². The van der Waals surface area contributed by atoms with Crippen molar-refractivity contribution in [1.82, 2.24) is 0 Å². The molecule has 1 aromatic rings. The highest BCUT2D eigenvalue weighted by molar-refractivity contribution is 5.90. The fourth-order valence-electron chi connectivity index (χ4n) is 0.853. The van der Waals surface area contributed by atoms with Crippen molar-refractivity contribution in [3.05, 3.63) is 35.6 Å². The van der Waals surface area contributed by atoms with Gasteiger partial charge >= 0.3 is 11.9 Å². The molecule has 1 rings (SSSR count). The second-order valence-corrected chi connectivity index (χ2v) is 2.66. The van der Waals surface area contributed by atoms with Crippen molar-refractivity contribution >= 4 is 11.9 Å². The fourth-order valence-corrected chi connectivity index (χ4v) is 0.853. The molecule has 0 saturated carbocycles. The van der Waals surface area contributed by atoms with E-state index < -0.39 is 24.4 Å². The zero-order valence-electron chi connectivity index (χ0n) is 8.03. The summed E-state index contributed by atoms with van der Waals surface area (Å²) in [6.07, 6.45) is 0. The van der Waals surface area contributed by atoms with Gasteiger partial charge in [0.25, 0.3) is 0 Å². The summed E-state index contributed by atoms with van der Waals surface area (Å²) in [6, 6.07) is 4.81. The number of hydrogen-bond donors (Lipinski definition) is 0. The van der Waals surface area contributed by atoms with E-state index in [0.717, 1.165) is 12.1 Å². The molecule has 0 aliphatic heterocycles. The molecule has 4 nitrogen and oxygen atoms in total. The lowest BCUT2D eigenvalue weighted by Gasteiger charge is -2.02. The summed E-state index contributed by atoms with van der Waals surface area (Å²) < 4.78 is 21.4. The summed E-state index contributed by atoms with van der Waals surface area (Å²) in [5.74, 6) is -1.79. The maximum absolute atomic E-state index is 12.5. The first-order chi connectivity index (χ1) is 7.13. The fraction of sp³-hybridized carbons (Fsp3) is 0.200. The van der Waals surface area contributed by atoms with Crippen molar-refractivity contribution in [1.29, 1.82) is 0 Å². The van der Waals surface area contributed by atoms with E-state index >= 15 is 0 Å². The Hall–Kier alpha value is -1.91. The lowest BCUT2D eigenvalue weighted by Crippen LogP contribution is -2.15. The van der Waals surface area contributed by atoms with E-state index in [-0.39, 0.29) is 5.56 Å². The topological polar surface area (TPSA) is 52.6 Å². The molecule has 0 heterocycles. The lowest BCUT2D eigenvalue weighted by atomic mass is 10.2. The van der Waals surface area contributed by atoms with Crippen molar-refractivity contribution in [3.63, 3.8) is 0 Å². The minimum absolute atomic E-state index is 0.181. The van der Waals surface area contributed by atoms with E-state index in [0.29, 0.717) is 0 Å². The van der Waals surface area contributed by atoms with E-state index in [4.69, 9.17) is 0 Å². The second kappa shape index (κ2) is 5.09. The van der Waals surface area contributed by atoms with Gasteiger partial charge < -0.3 is 9.47 Å². The predicted molar refractivity (Wildman–Crippen MR) is 48.7 cm³/mol. The third-order valence-corrected chi connectivity index (χ3v) is 1.63. The molecule has 15 heavy (non-hydrogen) atoms. The minimum atomic E-state index is -0.694. The Morgan fingerprint density at radius 2 is 1.87 bits per heavy atom. The highest BCUT2D eigenvalue weighted by Crippen LogP contribution is 2.04. The Bertz CT molecular complexity index is 358. The molecule has 0 amide bonds. The molecule has 0 atom stereocenters. The maximum Gasteiger partial charge on any atom is 0.344 e. The van der Waals surface area contributed by atoms with Crippen LogP contribution >= 0.6 is 0 Å². The van der Waals surface area contributed by atoms with Gasteiger partial charge in [-0.15, -0.1) is 0 Å². The number of esters is 2. The van der Waals surface area contributed by atoms with E-state index in [1.807, 2.05) is 0 Å². The normalized spacial score (nSPS) is 9.47. The number of carbonyl (C=O) groups excluding carboxylic acids is 2. The van der Waals surface area contributed by atoms with Gasteiger partial charge in [-0.25, -0.2) is 14.0 Å². The number of rotatable bonds is 3. The van der Waals surface area contributed by atoms with Crippen molar-refractivity contribution in [2.24, 2.45) is 0 Å². The molecule has 5 heteroatoms. The zero-order valence-corrected chi connectivity index (χ0v) is 8.03. The number of benzene rings is 1. The summed E-state index contributed by atoms with van der Waals surface area (Å²) in [6.45, 7) is -0.452. The summed E-state index contributed by atoms with van der Waals surface area (Å²) in [5, 5.41) is 0. The average Bonchev–Trinajstić information content (AvgIpc) is 2.26. The third kappa shape index (κ3) is 3.38. The second-order valence-electron chi connectivity index (χ2n) is 2.66. The van der Waals surface area contributed by atoms with Crippen LogP contribution in [0.4, 0.5) is 4.39 Å². The van der Waals surface area contributed by atoms with Crippen molar-refractivity contribution < 1.29 is 23.5 Å². The number of methoxy groups -OCH3 is 1. The third-order valence-electron chi connectivity index (χ3n) is 1.63. The molecule has 0 bridgehead atoms. The first kappa shape index (κ1) is 11.2. The Kier molecular flexibility index (Phi) is 3.79. The van der Waals surface area contributed by atoms with Gasteiger partial charge in [0.05, 0.1) is 12.7 Å². The number of ether oxygens (including phenoxy) is 2. The van der Waals surface area contributed by atoms with Crippen molar-refractivity contribution in [2.45, 2.75) is 0 Å². The molecule has 1 aromatic carbocycles. The van der Waals surface area contributed by atoms with Gasteiger partial charge in [0.2, 0.25) is 0 Å². The Morgan fingerprint density at radius 3 is 2.40 bits per heavy atom. The molecule has 0 N–H and O–H groups in total. The molecular weight excluding hydrogens is 203 g/mol. The Balaban J connectivity index is 2.54. The van der Waals surface area contributed by atoms with Crippen LogP contribution in [0.2, 0.25) is 0 Å². The smallest absolute Gasteiger partial charge is 0.344 e. The van der Waals surface area contributed by atoms with Gasteiger partial charge in [0.1, 0.15) is 5.82 Å². The predicted octanol–water partition coefficient (Wildman–Crippen LogP) is 1.16. The van der Waals surface area contributed by atoms with Gasteiger partial charge in [-0.1, -0.05) is 0 Å². The molecule has 0 saturated heterocycles. The summed E-state index contributed by atoms with van der Waals surface area (Å²) in [4.78, 5) is 21.9. The van der Waals surface area contributed by atoms with E-state index in [2.05, 4.69) is 9.47 Å². The molecule has 0 unspecified atom stereocenters. The van der Waals surface area contributed by atoms with Crippen LogP contribution in [-0.2, 0) is 14.3 Å². The number of halogens is 1. The van der Waals surface area contributed by atoms with E-state index in [9.17, 15) is 14.0 Å². The van der Waals surface area contributed by atoms with Crippen LogP contribution in [0, 0.1) is 5.82 Å². The van der Waals surface area contributed by atoms with E-state index in [1.54, 1.807) is 0 Å². The van der Waals surface area contributed by atoms with Crippen molar-refractivity contribution in [3.8, 4) is 0 Å². The van der Waals surface area contributed by atoms with Gasteiger partial charge in [-0.2, -0.15) is 0 Å². The van der Waals surface area contributed by atoms with Crippen LogP contribution in [-0.4, -0.2) is 25.7 Å². The summed E-state index contributed by atoms with van der Waals surface area (Å²) >= 11 is 0. The number of hydrogen-bond acceptors (Lipinski definition) is 4. The highest BCUT2D eigenvalue weighted by Gasteiger charge is 2.09. The molecule has 0 radical (unpaired) electrons. The van der Waals surface area contributed by atoms with Crippen LogP contribution in [0.5, 0.6) is 0 Å². The molecule has 0 aromatic heterocycles. The Labute approximate surface area is 85.6 Å². The van der Waals surface area contributed by atoms with Crippen molar-refractivity contribution in [2.75, 3.05) is 13.7 Å². The molecular formula is C10H9FO4. The standard InChI is InChI=1S/C10H9FO4/c1-14-9(12)6-15-10(13)7-2-4-8(11)5-3-7/h2-5H,6H2,1H3. The van der Waals surface area contributed by atoms with Crippen LogP contribution < -0.4 is 0 Å². The van der Waals surface area contributed by atoms with E-state index in [1.165, 1.54) is 19.2 Å². The van der Waals surface area contributed by atoms with Crippen LogP contribution in [0.3, 0.4) is 0 Å².